The van der Waals surface area contributed by atoms with Crippen LogP contribution in [0.1, 0.15) is 18.2 Å². The fourth-order valence-corrected chi connectivity index (χ4v) is 3.97. The molecule has 0 unspecified atom stereocenters. The van der Waals surface area contributed by atoms with E-state index in [-0.39, 0.29) is 5.54 Å². The van der Waals surface area contributed by atoms with Crippen LogP contribution < -0.4 is 11.1 Å². The van der Waals surface area contributed by atoms with Crippen molar-refractivity contribution in [1.29, 1.82) is 0 Å². The van der Waals surface area contributed by atoms with E-state index in [9.17, 15) is 0 Å². The van der Waals surface area contributed by atoms with Gasteiger partial charge in [0, 0.05) is 29.3 Å². The number of pyridine rings is 1. The summed E-state index contributed by atoms with van der Waals surface area (Å²) < 4.78 is 7.74. The van der Waals surface area contributed by atoms with Gasteiger partial charge in [-0.1, -0.05) is 11.6 Å². The Bertz CT molecular complexity index is 1250. The van der Waals surface area contributed by atoms with Crippen molar-refractivity contribution in [2.75, 3.05) is 18.9 Å². The number of nitrogens with two attached hydrogens (primary N) is 1. The molecule has 4 aromatic rings. The summed E-state index contributed by atoms with van der Waals surface area (Å²) in [7, 11) is 0. The molecule has 7 nitrogen and oxygen atoms in total. The van der Waals surface area contributed by atoms with Gasteiger partial charge in [-0.2, -0.15) is 9.61 Å². The molecule has 1 aliphatic heterocycles. The Morgan fingerprint density at radius 1 is 1.28 bits per heavy atom. The third-order valence-corrected chi connectivity index (χ3v) is 6.23. The van der Waals surface area contributed by atoms with E-state index in [0.29, 0.717) is 31.2 Å². The maximum Gasteiger partial charge on any atom is 0.165 e. The SMILES string of the molecule is Cc1ccc2ncc(-c3cnn4c(N)c(Br)c(CNC5(C)COC5)nc34)cc2c1. The molecule has 0 atom stereocenters. The molecule has 4 heterocycles. The zero-order chi connectivity index (χ0) is 20.2. The number of hydrogen-bond acceptors (Lipinski definition) is 6. The summed E-state index contributed by atoms with van der Waals surface area (Å²) in [5, 5.41) is 9.06. The fourth-order valence-electron chi connectivity index (χ4n) is 3.57. The second-order valence-corrected chi connectivity index (χ2v) is 8.67. The Balaban J connectivity index is 1.59. The van der Waals surface area contributed by atoms with E-state index in [1.54, 1.807) is 10.7 Å². The van der Waals surface area contributed by atoms with Crippen molar-refractivity contribution in [3.63, 3.8) is 0 Å². The van der Waals surface area contributed by atoms with Gasteiger partial charge in [-0.25, -0.2) is 4.98 Å². The third kappa shape index (κ3) is 3.17. The van der Waals surface area contributed by atoms with Crippen LogP contribution in [0.4, 0.5) is 5.82 Å². The molecular weight excluding hydrogens is 432 g/mol. The van der Waals surface area contributed by atoms with Crippen molar-refractivity contribution >= 4 is 38.3 Å². The number of rotatable bonds is 4. The monoisotopic (exact) mass is 452 g/mol. The zero-order valence-electron chi connectivity index (χ0n) is 16.2. The predicted octanol–water partition coefficient (Wildman–Crippen LogP) is 3.48. The third-order valence-electron chi connectivity index (χ3n) is 5.36. The Morgan fingerprint density at radius 3 is 2.86 bits per heavy atom. The Labute approximate surface area is 176 Å². The van der Waals surface area contributed by atoms with Crippen molar-refractivity contribution in [2.45, 2.75) is 25.9 Å². The number of hydrogen-bond donors (Lipinski definition) is 2. The van der Waals surface area contributed by atoms with Gasteiger partial charge in [0.1, 0.15) is 5.82 Å². The number of fused-ring (bicyclic) bond motifs is 2. The Hall–Kier alpha value is -2.55. The molecule has 8 heteroatoms. The lowest BCUT2D eigenvalue weighted by Crippen LogP contribution is -2.57. The fraction of sp³-hybridized carbons (Fsp3) is 0.286. The molecule has 29 heavy (non-hydrogen) atoms. The number of halogens is 1. The van der Waals surface area contributed by atoms with Crippen molar-refractivity contribution < 1.29 is 4.74 Å². The summed E-state index contributed by atoms with van der Waals surface area (Å²) in [5.41, 5.74) is 11.9. The number of aromatic nitrogens is 4. The summed E-state index contributed by atoms with van der Waals surface area (Å²) in [6, 6.07) is 8.35. The van der Waals surface area contributed by atoms with E-state index in [1.165, 1.54) is 5.56 Å². The summed E-state index contributed by atoms with van der Waals surface area (Å²) >= 11 is 3.58. The molecule has 0 aliphatic carbocycles. The molecule has 148 valence electrons. The number of benzene rings is 1. The second kappa shape index (κ2) is 6.76. The smallest absolute Gasteiger partial charge is 0.165 e. The van der Waals surface area contributed by atoms with Crippen LogP contribution in [0.5, 0.6) is 0 Å². The van der Waals surface area contributed by atoms with Gasteiger partial charge < -0.3 is 15.8 Å². The molecular formula is C21H21BrN6O. The first-order valence-corrected chi connectivity index (χ1v) is 10.2. The molecule has 3 N–H and O–H groups in total. The van der Waals surface area contributed by atoms with Gasteiger partial charge in [-0.05, 0) is 48.0 Å². The van der Waals surface area contributed by atoms with Crippen LogP contribution in [0.3, 0.4) is 0 Å². The molecule has 5 rings (SSSR count). The van der Waals surface area contributed by atoms with Gasteiger partial charge in [-0.15, -0.1) is 0 Å². The van der Waals surface area contributed by atoms with Gasteiger partial charge in [-0.3, -0.25) is 4.98 Å². The summed E-state index contributed by atoms with van der Waals surface area (Å²) in [6.45, 7) is 6.19. The molecule has 0 amide bonds. The van der Waals surface area contributed by atoms with Crippen molar-refractivity contribution in [3.8, 4) is 11.1 Å². The molecule has 1 aromatic carbocycles. The summed E-state index contributed by atoms with van der Waals surface area (Å²) in [6.07, 6.45) is 3.65. The van der Waals surface area contributed by atoms with Crippen LogP contribution in [0, 0.1) is 6.92 Å². The van der Waals surface area contributed by atoms with Crippen LogP contribution in [-0.4, -0.2) is 38.3 Å². The van der Waals surface area contributed by atoms with Crippen LogP contribution in [0.15, 0.2) is 41.1 Å². The number of nitrogens with zero attached hydrogens (tertiary/aromatic N) is 4. The minimum absolute atomic E-state index is 0.0226. The first-order chi connectivity index (χ1) is 13.9. The van der Waals surface area contributed by atoms with Crippen LogP contribution in [-0.2, 0) is 11.3 Å². The van der Waals surface area contributed by atoms with E-state index in [2.05, 4.69) is 63.4 Å². The molecule has 1 fully saturated rings. The van der Waals surface area contributed by atoms with Crippen LogP contribution >= 0.6 is 15.9 Å². The first kappa shape index (κ1) is 18.5. The minimum atomic E-state index is -0.0226. The lowest BCUT2D eigenvalue weighted by Gasteiger charge is -2.39. The standard InChI is InChI=1S/C21H21BrN6O/c1-12-3-4-16-13(5-12)6-14(7-24-16)15-8-26-28-19(23)18(22)17(27-20(15)28)9-25-21(2)10-29-11-21/h3-8,25H,9-11,23H2,1-2H3. The highest BCUT2D eigenvalue weighted by atomic mass is 79.9. The number of anilines is 1. The Morgan fingerprint density at radius 2 is 2.10 bits per heavy atom. The molecule has 0 saturated carbocycles. The molecule has 0 spiro atoms. The average Bonchev–Trinajstić information content (AvgIpc) is 3.11. The van der Waals surface area contributed by atoms with Crippen LogP contribution in [0.25, 0.3) is 27.7 Å². The molecule has 0 radical (unpaired) electrons. The molecule has 3 aromatic heterocycles. The zero-order valence-corrected chi connectivity index (χ0v) is 17.8. The minimum Gasteiger partial charge on any atom is -0.383 e. The number of aryl methyl sites for hydroxylation is 1. The number of nitrogens with one attached hydrogen (secondary N) is 1. The largest absolute Gasteiger partial charge is 0.383 e. The maximum atomic E-state index is 6.35. The van der Waals surface area contributed by atoms with E-state index in [4.69, 9.17) is 15.5 Å². The van der Waals surface area contributed by atoms with Gasteiger partial charge in [0.15, 0.2) is 5.65 Å². The maximum absolute atomic E-state index is 6.35. The molecule has 1 aliphatic rings. The summed E-state index contributed by atoms with van der Waals surface area (Å²) in [4.78, 5) is 9.48. The highest BCUT2D eigenvalue weighted by Crippen LogP contribution is 2.31. The van der Waals surface area contributed by atoms with E-state index < -0.39 is 0 Å². The summed E-state index contributed by atoms with van der Waals surface area (Å²) in [5.74, 6) is 0.526. The Kier molecular flexibility index (Phi) is 4.31. The number of nitrogen functional groups attached to an aromatic ring is 1. The molecule has 1 saturated heterocycles. The van der Waals surface area contributed by atoms with E-state index >= 15 is 0 Å². The van der Waals surface area contributed by atoms with E-state index in [1.807, 2.05) is 12.3 Å². The lowest BCUT2D eigenvalue weighted by molar-refractivity contribution is -0.0651. The van der Waals surface area contributed by atoms with Crippen molar-refractivity contribution in [2.24, 2.45) is 0 Å². The van der Waals surface area contributed by atoms with Crippen LogP contribution in [0.2, 0.25) is 0 Å². The van der Waals surface area contributed by atoms with E-state index in [0.717, 1.165) is 32.2 Å². The topological polar surface area (TPSA) is 90.4 Å². The quantitative estimate of drug-likeness (QED) is 0.492. The first-order valence-electron chi connectivity index (χ1n) is 9.45. The van der Waals surface area contributed by atoms with Crippen molar-refractivity contribution in [3.05, 3.63) is 52.4 Å². The van der Waals surface area contributed by atoms with Gasteiger partial charge in [0.25, 0.3) is 0 Å². The lowest BCUT2D eigenvalue weighted by atomic mass is 10.0. The average molecular weight is 453 g/mol. The second-order valence-electron chi connectivity index (χ2n) is 7.88. The van der Waals surface area contributed by atoms with Crippen molar-refractivity contribution in [1.82, 2.24) is 24.9 Å². The number of ether oxygens (including phenoxy) is 1. The highest BCUT2D eigenvalue weighted by Gasteiger charge is 2.33. The highest BCUT2D eigenvalue weighted by molar-refractivity contribution is 9.10. The molecule has 0 bridgehead atoms. The predicted molar refractivity (Wildman–Crippen MR) is 117 cm³/mol. The normalized spacial score (nSPS) is 15.7. The van der Waals surface area contributed by atoms with Gasteiger partial charge in [0.05, 0.1) is 40.6 Å². The van der Waals surface area contributed by atoms with Gasteiger partial charge in [0.2, 0.25) is 0 Å². The van der Waals surface area contributed by atoms with Gasteiger partial charge >= 0.3 is 0 Å².